The molecule has 4 nitrogen and oxygen atoms in total. The van der Waals surface area contributed by atoms with Crippen LogP contribution < -0.4 is 0 Å². The molecule has 0 unspecified atom stereocenters. The minimum Gasteiger partial charge on any atom is -0.331 e. The summed E-state index contributed by atoms with van der Waals surface area (Å²) < 4.78 is 23.5. The molecule has 1 amide bonds. The van der Waals surface area contributed by atoms with Crippen molar-refractivity contribution < 1.29 is 13.2 Å². The summed E-state index contributed by atoms with van der Waals surface area (Å²) >= 11 is 1.73. The van der Waals surface area contributed by atoms with Crippen molar-refractivity contribution >= 4 is 27.1 Å². The van der Waals surface area contributed by atoms with Gasteiger partial charge in [-0.1, -0.05) is 6.07 Å². The van der Waals surface area contributed by atoms with Crippen LogP contribution in [0.5, 0.6) is 0 Å². The molecule has 0 fully saturated rings. The zero-order valence-corrected chi connectivity index (χ0v) is 15.0. The Morgan fingerprint density at radius 1 is 1.30 bits per heavy atom. The summed E-state index contributed by atoms with van der Waals surface area (Å²) in [4.78, 5) is 16.3. The highest BCUT2D eigenvalue weighted by molar-refractivity contribution is 7.90. The molecule has 0 aliphatic carbocycles. The van der Waals surface area contributed by atoms with Gasteiger partial charge in [-0.25, -0.2) is 8.42 Å². The molecule has 0 N–H and O–H groups in total. The van der Waals surface area contributed by atoms with E-state index in [4.69, 9.17) is 0 Å². The zero-order valence-electron chi connectivity index (χ0n) is 13.4. The van der Waals surface area contributed by atoms with Gasteiger partial charge >= 0.3 is 0 Å². The number of sulfone groups is 1. The van der Waals surface area contributed by atoms with Crippen molar-refractivity contribution in [3.63, 3.8) is 0 Å². The second-order valence-electron chi connectivity index (χ2n) is 5.97. The monoisotopic (exact) mass is 349 g/mol. The van der Waals surface area contributed by atoms with E-state index in [0.717, 1.165) is 18.2 Å². The Bertz CT molecular complexity index is 868. The number of fused-ring (bicyclic) bond motifs is 1. The van der Waals surface area contributed by atoms with Crippen LogP contribution in [0.1, 0.15) is 39.3 Å². The zero-order chi connectivity index (χ0) is 16.8. The number of carbonyl (C=O) groups is 1. The van der Waals surface area contributed by atoms with Crippen molar-refractivity contribution in [2.45, 2.75) is 31.2 Å². The smallest absolute Gasteiger partial charge is 0.254 e. The lowest BCUT2D eigenvalue weighted by atomic mass is 9.99. The van der Waals surface area contributed by atoms with Crippen LogP contribution in [0, 0.1) is 6.92 Å². The van der Waals surface area contributed by atoms with E-state index in [1.807, 2.05) is 18.7 Å². The Balaban J connectivity index is 1.98. The van der Waals surface area contributed by atoms with E-state index in [-0.39, 0.29) is 16.8 Å². The molecule has 2 heterocycles. The van der Waals surface area contributed by atoms with Gasteiger partial charge < -0.3 is 4.90 Å². The van der Waals surface area contributed by atoms with Crippen LogP contribution >= 0.6 is 11.3 Å². The van der Waals surface area contributed by atoms with E-state index in [0.29, 0.717) is 12.1 Å². The molecule has 1 aromatic heterocycles. The first kappa shape index (κ1) is 16.2. The van der Waals surface area contributed by atoms with Crippen molar-refractivity contribution in [1.29, 1.82) is 0 Å². The van der Waals surface area contributed by atoms with Gasteiger partial charge in [-0.05, 0) is 55.0 Å². The fraction of sp³-hybridized carbons (Fsp3) is 0.353. The highest BCUT2D eigenvalue weighted by atomic mass is 32.2. The molecule has 6 heteroatoms. The number of benzene rings is 1. The molecule has 0 spiro atoms. The van der Waals surface area contributed by atoms with Crippen molar-refractivity contribution in [2.24, 2.45) is 0 Å². The van der Waals surface area contributed by atoms with Crippen LogP contribution in [0.4, 0.5) is 0 Å². The lowest BCUT2D eigenvalue weighted by molar-refractivity contribution is 0.0678. The van der Waals surface area contributed by atoms with Gasteiger partial charge in [-0.2, -0.15) is 0 Å². The fourth-order valence-corrected chi connectivity index (χ4v) is 4.61. The van der Waals surface area contributed by atoms with Crippen LogP contribution in [0.25, 0.3) is 0 Å². The van der Waals surface area contributed by atoms with Crippen LogP contribution in [0.3, 0.4) is 0 Å². The third-order valence-corrected chi connectivity index (χ3v) is 6.51. The van der Waals surface area contributed by atoms with Gasteiger partial charge in [-0.15, -0.1) is 11.3 Å². The molecule has 1 aliphatic heterocycles. The Morgan fingerprint density at radius 2 is 2.04 bits per heavy atom. The second kappa shape index (κ2) is 5.76. The summed E-state index contributed by atoms with van der Waals surface area (Å²) in [5.74, 6) is -0.0997. The molecular weight excluding hydrogens is 330 g/mol. The predicted octanol–water partition coefficient (Wildman–Crippen LogP) is 3.22. The largest absolute Gasteiger partial charge is 0.331 e. The molecule has 0 saturated heterocycles. The number of rotatable bonds is 2. The quantitative estimate of drug-likeness (QED) is 0.836. The summed E-state index contributed by atoms with van der Waals surface area (Å²) in [6, 6.07) is 6.85. The summed E-state index contributed by atoms with van der Waals surface area (Å²) in [5.41, 5.74) is 2.47. The van der Waals surface area contributed by atoms with Crippen molar-refractivity contribution in [2.75, 3.05) is 12.8 Å². The average Bonchev–Trinajstić information content (AvgIpc) is 2.95. The summed E-state index contributed by atoms with van der Waals surface area (Å²) in [6.45, 7) is 4.53. The number of carbonyl (C=O) groups excluding carboxylic acids is 1. The number of amides is 1. The maximum Gasteiger partial charge on any atom is 0.254 e. The van der Waals surface area contributed by atoms with Crippen molar-refractivity contribution in [3.05, 3.63) is 51.2 Å². The van der Waals surface area contributed by atoms with E-state index in [9.17, 15) is 13.2 Å². The van der Waals surface area contributed by atoms with Gasteiger partial charge in [-0.3, -0.25) is 4.79 Å². The second-order valence-corrected chi connectivity index (χ2v) is 8.99. The van der Waals surface area contributed by atoms with E-state index in [2.05, 4.69) is 11.4 Å². The summed E-state index contributed by atoms with van der Waals surface area (Å²) in [5, 5.41) is 2.06. The average molecular weight is 349 g/mol. The standard InChI is InChI=1S/C17H19NO3S2/c1-11-4-5-13(23(3,20)21)10-15(11)17(19)18-8-6-16-14(12(18)2)7-9-22-16/h4-5,7,9-10,12H,6,8H2,1-3H3/t12-/m1/s1. The highest BCUT2D eigenvalue weighted by Crippen LogP contribution is 2.34. The van der Waals surface area contributed by atoms with E-state index >= 15 is 0 Å². The molecule has 2 aromatic rings. The van der Waals surface area contributed by atoms with E-state index in [1.54, 1.807) is 23.5 Å². The predicted molar refractivity (Wildman–Crippen MR) is 91.8 cm³/mol. The number of nitrogens with zero attached hydrogens (tertiary/aromatic N) is 1. The summed E-state index contributed by atoms with van der Waals surface area (Å²) in [6.07, 6.45) is 2.01. The normalized spacial score (nSPS) is 17.9. The molecule has 1 aliphatic rings. The first-order valence-corrected chi connectivity index (χ1v) is 10.2. The molecule has 23 heavy (non-hydrogen) atoms. The van der Waals surface area contributed by atoms with Crippen molar-refractivity contribution in [3.8, 4) is 0 Å². The molecule has 122 valence electrons. The molecule has 1 aromatic carbocycles. The summed E-state index contributed by atoms with van der Waals surface area (Å²) in [7, 11) is -3.33. The Kier molecular flexibility index (Phi) is 4.06. The Labute approximate surface area is 140 Å². The van der Waals surface area contributed by atoms with Crippen LogP contribution in [0.15, 0.2) is 34.5 Å². The van der Waals surface area contributed by atoms with Gasteiger partial charge in [0.15, 0.2) is 9.84 Å². The lowest BCUT2D eigenvalue weighted by Crippen LogP contribution is -2.38. The molecule has 1 atom stereocenters. The van der Waals surface area contributed by atoms with Gasteiger partial charge in [0.2, 0.25) is 0 Å². The number of aryl methyl sites for hydroxylation is 1. The topological polar surface area (TPSA) is 54.5 Å². The number of hydrogen-bond acceptors (Lipinski definition) is 4. The van der Waals surface area contributed by atoms with E-state index in [1.165, 1.54) is 16.5 Å². The maximum atomic E-state index is 13.0. The maximum absolute atomic E-state index is 13.0. The first-order valence-electron chi connectivity index (χ1n) is 7.47. The number of thiophene rings is 1. The van der Waals surface area contributed by atoms with Gasteiger partial charge in [0.05, 0.1) is 10.9 Å². The highest BCUT2D eigenvalue weighted by Gasteiger charge is 2.30. The molecule has 0 saturated carbocycles. The molecule has 3 rings (SSSR count). The minimum absolute atomic E-state index is 0.0128. The van der Waals surface area contributed by atoms with Gasteiger partial charge in [0.1, 0.15) is 0 Å². The van der Waals surface area contributed by atoms with Crippen LogP contribution in [-0.4, -0.2) is 32.0 Å². The van der Waals surface area contributed by atoms with Crippen molar-refractivity contribution in [1.82, 2.24) is 4.90 Å². The van der Waals surface area contributed by atoms with Crippen LogP contribution in [0.2, 0.25) is 0 Å². The third kappa shape index (κ3) is 2.93. The van der Waals surface area contributed by atoms with Gasteiger partial charge in [0, 0.05) is 23.2 Å². The minimum atomic E-state index is -3.33. The Hall–Kier alpha value is -1.66. The third-order valence-electron chi connectivity index (χ3n) is 4.41. The lowest BCUT2D eigenvalue weighted by Gasteiger charge is -2.34. The van der Waals surface area contributed by atoms with Gasteiger partial charge in [0.25, 0.3) is 5.91 Å². The Morgan fingerprint density at radius 3 is 2.74 bits per heavy atom. The van der Waals surface area contributed by atoms with Crippen LogP contribution in [-0.2, 0) is 16.3 Å². The SMILES string of the molecule is Cc1ccc(S(C)(=O)=O)cc1C(=O)N1CCc2sccc2[C@H]1C. The number of hydrogen-bond donors (Lipinski definition) is 0. The fourth-order valence-electron chi connectivity index (χ4n) is 3.00. The van der Waals surface area contributed by atoms with E-state index < -0.39 is 9.84 Å². The molecule has 0 bridgehead atoms. The molecule has 0 radical (unpaired) electrons. The molecular formula is C17H19NO3S2. The first-order chi connectivity index (χ1) is 10.8.